The van der Waals surface area contributed by atoms with Crippen molar-refractivity contribution in [2.24, 2.45) is 5.73 Å². The molecule has 0 atom stereocenters. The van der Waals surface area contributed by atoms with Gasteiger partial charge >= 0.3 is 0 Å². The molecule has 108 valence electrons. The van der Waals surface area contributed by atoms with E-state index in [2.05, 4.69) is 22.1 Å². The number of nitrogens with zero attached hydrogens (tertiary/aromatic N) is 2. The van der Waals surface area contributed by atoms with Crippen LogP contribution >= 0.6 is 0 Å². The molecule has 0 saturated heterocycles. The largest absolute Gasteiger partial charge is 0.383 e. The Labute approximate surface area is 123 Å². The zero-order valence-electron chi connectivity index (χ0n) is 11.7. The van der Waals surface area contributed by atoms with Crippen LogP contribution < -0.4 is 11.5 Å². The van der Waals surface area contributed by atoms with Gasteiger partial charge in [0, 0.05) is 6.20 Å². The molecule has 1 aliphatic carbocycles. The van der Waals surface area contributed by atoms with Crippen LogP contribution in [0.4, 0.5) is 5.82 Å². The topological polar surface area (TPSA) is 94.9 Å². The van der Waals surface area contributed by atoms with Gasteiger partial charge in [0.05, 0.1) is 11.0 Å². The summed E-state index contributed by atoms with van der Waals surface area (Å²) in [7, 11) is 0. The highest BCUT2D eigenvalue weighted by atomic mass is 16.1. The van der Waals surface area contributed by atoms with E-state index in [0.29, 0.717) is 5.82 Å². The van der Waals surface area contributed by atoms with E-state index in [-0.39, 0.29) is 16.8 Å². The smallest absolute Gasteiger partial charge is 0.254 e. The zero-order valence-corrected chi connectivity index (χ0v) is 11.7. The van der Waals surface area contributed by atoms with Crippen molar-refractivity contribution in [2.45, 2.75) is 31.1 Å². The van der Waals surface area contributed by atoms with Gasteiger partial charge in [-0.1, -0.05) is 43.2 Å². The molecule has 0 unspecified atom stereocenters. The molecule has 1 saturated carbocycles. The first-order valence-electron chi connectivity index (χ1n) is 7.12. The van der Waals surface area contributed by atoms with E-state index >= 15 is 0 Å². The number of benzene rings is 1. The summed E-state index contributed by atoms with van der Waals surface area (Å²) in [6, 6.07) is 10.3. The van der Waals surface area contributed by atoms with Gasteiger partial charge in [0.25, 0.3) is 5.91 Å². The Hall–Kier alpha value is -2.43. The van der Waals surface area contributed by atoms with Crippen molar-refractivity contribution in [3.8, 4) is 0 Å². The van der Waals surface area contributed by atoms with Crippen molar-refractivity contribution in [1.82, 2.24) is 9.97 Å². The van der Waals surface area contributed by atoms with Gasteiger partial charge in [-0.25, -0.2) is 9.97 Å². The molecule has 3 rings (SSSR count). The summed E-state index contributed by atoms with van der Waals surface area (Å²) in [6.07, 6.45) is 5.70. The van der Waals surface area contributed by atoms with Gasteiger partial charge in [0.15, 0.2) is 0 Å². The minimum atomic E-state index is -0.598. The van der Waals surface area contributed by atoms with Crippen LogP contribution in [0.25, 0.3) is 0 Å². The average molecular weight is 282 g/mol. The van der Waals surface area contributed by atoms with E-state index in [9.17, 15) is 4.79 Å². The van der Waals surface area contributed by atoms with Gasteiger partial charge in [-0.05, 0) is 18.4 Å². The number of aromatic nitrogens is 2. The third-order valence-electron chi connectivity index (χ3n) is 4.30. The molecule has 1 amide bonds. The van der Waals surface area contributed by atoms with E-state index in [4.69, 9.17) is 11.5 Å². The maximum atomic E-state index is 11.3. The maximum Gasteiger partial charge on any atom is 0.254 e. The lowest BCUT2D eigenvalue weighted by atomic mass is 9.78. The number of hydrogen-bond acceptors (Lipinski definition) is 4. The molecule has 0 bridgehead atoms. The lowest BCUT2D eigenvalue weighted by molar-refractivity contribution is 0.100. The average Bonchev–Trinajstić information content (AvgIpc) is 2.98. The number of primary amides is 1. The van der Waals surface area contributed by atoms with Crippen LogP contribution in [0, 0.1) is 0 Å². The summed E-state index contributed by atoms with van der Waals surface area (Å²) in [6.45, 7) is 0. The second-order valence-corrected chi connectivity index (χ2v) is 5.51. The van der Waals surface area contributed by atoms with E-state index in [1.54, 1.807) is 0 Å². The molecule has 1 heterocycles. The Morgan fingerprint density at radius 1 is 1.14 bits per heavy atom. The fourth-order valence-electron chi connectivity index (χ4n) is 3.19. The molecule has 0 aliphatic heterocycles. The van der Waals surface area contributed by atoms with Crippen molar-refractivity contribution < 1.29 is 4.79 Å². The molecule has 4 N–H and O–H groups in total. The van der Waals surface area contributed by atoms with E-state index in [0.717, 1.165) is 25.7 Å². The molecule has 1 aromatic carbocycles. The van der Waals surface area contributed by atoms with Crippen LogP contribution in [0.15, 0.2) is 36.5 Å². The maximum absolute atomic E-state index is 11.3. The second-order valence-electron chi connectivity index (χ2n) is 5.51. The van der Waals surface area contributed by atoms with Crippen molar-refractivity contribution in [3.63, 3.8) is 0 Å². The minimum absolute atomic E-state index is 0.162. The number of carbonyl (C=O) groups excluding carboxylic acids is 1. The first-order valence-corrected chi connectivity index (χ1v) is 7.12. The van der Waals surface area contributed by atoms with E-state index in [1.807, 2.05) is 18.2 Å². The number of rotatable bonds is 3. The molecule has 0 radical (unpaired) electrons. The van der Waals surface area contributed by atoms with Crippen molar-refractivity contribution in [3.05, 3.63) is 53.5 Å². The number of anilines is 1. The number of nitrogens with two attached hydrogens (primary N) is 2. The zero-order chi connectivity index (χ0) is 14.9. The highest BCUT2D eigenvalue weighted by molar-refractivity contribution is 5.96. The minimum Gasteiger partial charge on any atom is -0.383 e. The Bertz CT molecular complexity index is 663. The number of amides is 1. The number of carbonyl (C=O) groups is 1. The summed E-state index contributed by atoms with van der Waals surface area (Å²) in [5.41, 5.74) is 12.3. The van der Waals surface area contributed by atoms with E-state index < -0.39 is 5.91 Å². The van der Waals surface area contributed by atoms with Gasteiger partial charge < -0.3 is 11.5 Å². The lowest BCUT2D eigenvalue weighted by Crippen LogP contribution is -2.28. The highest BCUT2D eigenvalue weighted by Gasteiger charge is 2.40. The molecule has 1 fully saturated rings. The SMILES string of the molecule is NC(=O)c1cnc(C2(c3ccccc3)CCCC2)nc1N. The number of nitrogen functional groups attached to an aromatic ring is 1. The molecular formula is C16H18N4O. The summed E-state index contributed by atoms with van der Waals surface area (Å²) in [5.74, 6) is 0.252. The monoisotopic (exact) mass is 282 g/mol. The van der Waals surface area contributed by atoms with Crippen LogP contribution in [0.3, 0.4) is 0 Å². The summed E-state index contributed by atoms with van der Waals surface area (Å²) in [5, 5.41) is 0. The Balaban J connectivity index is 2.11. The Morgan fingerprint density at radius 2 is 1.81 bits per heavy atom. The third kappa shape index (κ3) is 2.24. The molecule has 5 nitrogen and oxygen atoms in total. The molecule has 0 spiro atoms. The fourth-order valence-corrected chi connectivity index (χ4v) is 3.19. The standard InChI is InChI=1S/C16H18N4O/c17-13-12(14(18)21)10-19-15(20-13)16(8-4-5-9-16)11-6-2-1-3-7-11/h1-3,6-7,10H,4-5,8-9H2,(H2,18,21)(H2,17,19,20). The van der Waals surface area contributed by atoms with Crippen LogP contribution in [-0.4, -0.2) is 15.9 Å². The van der Waals surface area contributed by atoms with Crippen LogP contribution in [-0.2, 0) is 5.41 Å². The first kappa shape index (κ1) is 13.5. The number of hydrogen-bond donors (Lipinski definition) is 2. The van der Waals surface area contributed by atoms with Crippen LogP contribution in [0.1, 0.15) is 47.4 Å². The predicted molar refractivity (Wildman–Crippen MR) is 80.7 cm³/mol. The normalized spacial score (nSPS) is 16.8. The van der Waals surface area contributed by atoms with Gasteiger partial charge in [0.1, 0.15) is 11.6 Å². The van der Waals surface area contributed by atoms with Crippen molar-refractivity contribution >= 4 is 11.7 Å². The highest BCUT2D eigenvalue weighted by Crippen LogP contribution is 2.45. The van der Waals surface area contributed by atoms with Gasteiger partial charge in [-0.15, -0.1) is 0 Å². The fraction of sp³-hybridized carbons (Fsp3) is 0.312. The molecule has 2 aromatic rings. The second kappa shape index (κ2) is 5.16. The van der Waals surface area contributed by atoms with Gasteiger partial charge in [0.2, 0.25) is 0 Å². The predicted octanol–water partition coefficient (Wildman–Crippen LogP) is 2.02. The van der Waals surface area contributed by atoms with Crippen LogP contribution in [0.5, 0.6) is 0 Å². The first-order chi connectivity index (χ1) is 10.1. The quantitative estimate of drug-likeness (QED) is 0.900. The van der Waals surface area contributed by atoms with Gasteiger partial charge in [-0.3, -0.25) is 4.79 Å². The van der Waals surface area contributed by atoms with Crippen molar-refractivity contribution in [1.29, 1.82) is 0 Å². The van der Waals surface area contributed by atoms with Gasteiger partial charge in [-0.2, -0.15) is 0 Å². The Morgan fingerprint density at radius 3 is 2.38 bits per heavy atom. The summed E-state index contributed by atoms with van der Waals surface area (Å²) < 4.78 is 0. The van der Waals surface area contributed by atoms with E-state index in [1.165, 1.54) is 11.8 Å². The summed E-state index contributed by atoms with van der Waals surface area (Å²) in [4.78, 5) is 20.1. The molecular weight excluding hydrogens is 264 g/mol. The molecule has 21 heavy (non-hydrogen) atoms. The molecule has 5 heteroatoms. The van der Waals surface area contributed by atoms with Crippen molar-refractivity contribution in [2.75, 3.05) is 5.73 Å². The molecule has 1 aromatic heterocycles. The van der Waals surface area contributed by atoms with Crippen LogP contribution in [0.2, 0.25) is 0 Å². The lowest BCUT2D eigenvalue weighted by Gasteiger charge is -2.28. The third-order valence-corrected chi connectivity index (χ3v) is 4.30. The summed E-state index contributed by atoms with van der Waals surface area (Å²) >= 11 is 0. The molecule has 1 aliphatic rings. The Kier molecular flexibility index (Phi) is 3.33.